The van der Waals surface area contributed by atoms with Crippen LogP contribution in [-0.2, 0) is 6.18 Å². The third-order valence-electron chi connectivity index (χ3n) is 3.11. The number of alkyl halides is 3. The van der Waals surface area contributed by atoms with Crippen molar-refractivity contribution in [3.8, 4) is 11.5 Å². The van der Waals surface area contributed by atoms with Crippen molar-refractivity contribution in [2.24, 2.45) is 0 Å². The van der Waals surface area contributed by atoms with Gasteiger partial charge in [0.2, 0.25) is 0 Å². The summed E-state index contributed by atoms with van der Waals surface area (Å²) in [6, 6.07) is 8.56. The molecule has 2 rings (SSSR count). The predicted octanol–water partition coefficient (Wildman–Crippen LogP) is 4.70. The zero-order valence-electron chi connectivity index (χ0n) is 11.1. The van der Waals surface area contributed by atoms with Gasteiger partial charge >= 0.3 is 6.18 Å². The van der Waals surface area contributed by atoms with Gasteiger partial charge in [-0.2, -0.15) is 13.2 Å². The van der Waals surface area contributed by atoms with E-state index in [1.165, 1.54) is 6.07 Å². The highest BCUT2D eigenvalue weighted by molar-refractivity contribution is 5.57. The molecule has 2 aromatic rings. The highest BCUT2D eigenvalue weighted by atomic mass is 19.4. The van der Waals surface area contributed by atoms with Gasteiger partial charge in [0, 0.05) is 0 Å². The highest BCUT2D eigenvalue weighted by Crippen LogP contribution is 2.36. The molecule has 2 N–H and O–H groups in total. The maximum Gasteiger partial charge on any atom is 0.416 e. The second-order valence-corrected chi connectivity index (χ2v) is 4.55. The van der Waals surface area contributed by atoms with Crippen LogP contribution >= 0.6 is 0 Å². The van der Waals surface area contributed by atoms with Crippen molar-refractivity contribution >= 4 is 5.69 Å². The molecule has 0 amide bonds. The average Bonchev–Trinajstić information content (AvgIpc) is 2.36. The largest absolute Gasteiger partial charge is 0.455 e. The predicted molar refractivity (Wildman–Crippen MR) is 71.8 cm³/mol. The number of nitrogens with two attached hydrogens (primary N) is 1. The fourth-order valence-electron chi connectivity index (χ4n) is 1.77. The number of halogens is 3. The van der Waals surface area contributed by atoms with Crippen LogP contribution in [0, 0.1) is 13.8 Å². The van der Waals surface area contributed by atoms with Gasteiger partial charge in [0.1, 0.15) is 11.5 Å². The Kier molecular flexibility index (Phi) is 3.61. The van der Waals surface area contributed by atoms with E-state index >= 15 is 0 Å². The maximum absolute atomic E-state index is 12.5. The van der Waals surface area contributed by atoms with Crippen molar-refractivity contribution in [1.82, 2.24) is 0 Å². The molecule has 0 aliphatic carbocycles. The smallest absolute Gasteiger partial charge is 0.416 e. The van der Waals surface area contributed by atoms with E-state index in [-0.39, 0.29) is 11.4 Å². The van der Waals surface area contributed by atoms with Gasteiger partial charge in [-0.15, -0.1) is 0 Å². The Morgan fingerprint density at radius 2 is 1.70 bits per heavy atom. The Morgan fingerprint density at radius 1 is 1.00 bits per heavy atom. The number of anilines is 1. The lowest BCUT2D eigenvalue weighted by atomic mass is 10.1. The van der Waals surface area contributed by atoms with Crippen LogP contribution in [0.5, 0.6) is 11.5 Å². The van der Waals surface area contributed by atoms with Crippen molar-refractivity contribution in [1.29, 1.82) is 0 Å². The molecule has 0 saturated heterocycles. The fourth-order valence-corrected chi connectivity index (χ4v) is 1.77. The monoisotopic (exact) mass is 281 g/mol. The Bertz CT molecular complexity index is 636. The molecule has 20 heavy (non-hydrogen) atoms. The summed E-state index contributed by atoms with van der Waals surface area (Å²) < 4.78 is 43.2. The van der Waals surface area contributed by atoms with Gasteiger partial charge < -0.3 is 10.5 Å². The van der Waals surface area contributed by atoms with Crippen LogP contribution in [0.1, 0.15) is 16.7 Å². The van der Waals surface area contributed by atoms with Crippen LogP contribution in [-0.4, -0.2) is 0 Å². The molecule has 0 heterocycles. The Morgan fingerprint density at radius 3 is 2.30 bits per heavy atom. The first-order chi connectivity index (χ1) is 9.29. The Labute approximate surface area is 115 Å². The number of ether oxygens (including phenoxy) is 1. The minimum Gasteiger partial charge on any atom is -0.455 e. The molecule has 5 heteroatoms. The molecule has 0 unspecified atom stereocenters. The number of nitrogen functional groups attached to an aromatic ring is 1. The molecule has 0 saturated carbocycles. The molecule has 0 aliphatic rings. The van der Waals surface area contributed by atoms with E-state index in [0.29, 0.717) is 5.75 Å². The quantitative estimate of drug-likeness (QED) is 0.810. The Hall–Kier alpha value is -2.17. The first-order valence-electron chi connectivity index (χ1n) is 6.00. The van der Waals surface area contributed by atoms with E-state index in [4.69, 9.17) is 10.5 Å². The second kappa shape index (κ2) is 5.07. The molecule has 106 valence electrons. The van der Waals surface area contributed by atoms with Gasteiger partial charge in [0.05, 0.1) is 11.3 Å². The molecule has 0 spiro atoms. The van der Waals surface area contributed by atoms with E-state index in [2.05, 4.69) is 0 Å². The average molecular weight is 281 g/mol. The lowest BCUT2D eigenvalue weighted by Gasteiger charge is -2.14. The van der Waals surface area contributed by atoms with Crippen molar-refractivity contribution < 1.29 is 17.9 Å². The van der Waals surface area contributed by atoms with Gasteiger partial charge in [0.15, 0.2) is 0 Å². The van der Waals surface area contributed by atoms with Gasteiger partial charge in [-0.25, -0.2) is 0 Å². The Balaban J connectivity index is 2.33. The SMILES string of the molecule is Cc1cccc(Oc2ccc(C(F)(F)F)cc2N)c1C. The van der Waals surface area contributed by atoms with Crippen molar-refractivity contribution in [3.63, 3.8) is 0 Å². The fraction of sp³-hybridized carbons (Fsp3) is 0.200. The lowest BCUT2D eigenvalue weighted by Crippen LogP contribution is -2.06. The second-order valence-electron chi connectivity index (χ2n) is 4.55. The van der Waals surface area contributed by atoms with Crippen LogP contribution in [0.25, 0.3) is 0 Å². The zero-order chi connectivity index (χ0) is 14.9. The van der Waals surface area contributed by atoms with Gasteiger partial charge in [0.25, 0.3) is 0 Å². The lowest BCUT2D eigenvalue weighted by molar-refractivity contribution is -0.137. The van der Waals surface area contributed by atoms with Crippen molar-refractivity contribution in [2.45, 2.75) is 20.0 Å². The molecule has 0 fully saturated rings. The summed E-state index contributed by atoms with van der Waals surface area (Å²) in [6.45, 7) is 3.81. The number of hydrogen-bond acceptors (Lipinski definition) is 2. The molecule has 2 nitrogen and oxygen atoms in total. The van der Waals surface area contributed by atoms with Crippen LogP contribution < -0.4 is 10.5 Å². The minimum absolute atomic E-state index is 0.0410. The van der Waals surface area contributed by atoms with Gasteiger partial charge in [-0.05, 0) is 49.2 Å². The van der Waals surface area contributed by atoms with Crippen LogP contribution in [0.4, 0.5) is 18.9 Å². The van der Waals surface area contributed by atoms with Gasteiger partial charge in [-0.3, -0.25) is 0 Å². The summed E-state index contributed by atoms with van der Waals surface area (Å²) in [6.07, 6.45) is -4.41. The minimum atomic E-state index is -4.41. The molecule has 0 aromatic heterocycles. The summed E-state index contributed by atoms with van der Waals surface area (Å²) in [5, 5.41) is 0. The van der Waals surface area contributed by atoms with E-state index in [0.717, 1.165) is 23.3 Å². The molecular formula is C15H14F3NO. The molecule has 0 aliphatic heterocycles. The number of benzene rings is 2. The highest BCUT2D eigenvalue weighted by Gasteiger charge is 2.31. The molecule has 0 radical (unpaired) electrons. The van der Waals surface area contributed by atoms with Crippen LogP contribution in [0.2, 0.25) is 0 Å². The summed E-state index contributed by atoms with van der Waals surface area (Å²) in [7, 11) is 0. The first-order valence-corrected chi connectivity index (χ1v) is 6.00. The third kappa shape index (κ3) is 2.87. The normalized spacial score (nSPS) is 11.4. The summed E-state index contributed by atoms with van der Waals surface area (Å²) in [5.74, 6) is 0.795. The summed E-state index contributed by atoms with van der Waals surface area (Å²) in [5.41, 5.74) is 6.76. The van der Waals surface area contributed by atoms with E-state index in [9.17, 15) is 13.2 Å². The van der Waals surface area contributed by atoms with E-state index in [1.807, 2.05) is 26.0 Å². The summed E-state index contributed by atoms with van der Waals surface area (Å²) >= 11 is 0. The van der Waals surface area contributed by atoms with E-state index < -0.39 is 11.7 Å². The van der Waals surface area contributed by atoms with E-state index in [1.54, 1.807) is 6.07 Å². The number of rotatable bonds is 2. The molecule has 0 atom stereocenters. The van der Waals surface area contributed by atoms with Crippen molar-refractivity contribution in [3.05, 3.63) is 53.1 Å². The van der Waals surface area contributed by atoms with Crippen LogP contribution in [0.3, 0.4) is 0 Å². The first kappa shape index (κ1) is 14.2. The van der Waals surface area contributed by atoms with Gasteiger partial charge in [-0.1, -0.05) is 12.1 Å². The molecular weight excluding hydrogens is 267 g/mol. The van der Waals surface area contributed by atoms with Crippen LogP contribution in [0.15, 0.2) is 36.4 Å². The maximum atomic E-state index is 12.5. The molecule has 2 aromatic carbocycles. The topological polar surface area (TPSA) is 35.2 Å². The van der Waals surface area contributed by atoms with Crippen molar-refractivity contribution in [2.75, 3.05) is 5.73 Å². The zero-order valence-corrected chi connectivity index (χ0v) is 11.1. The number of hydrogen-bond donors (Lipinski definition) is 1. The standard InChI is InChI=1S/C15H14F3NO/c1-9-4-3-5-13(10(9)2)20-14-7-6-11(8-12(14)19)15(16,17)18/h3-8H,19H2,1-2H3. The molecule has 0 bridgehead atoms. The third-order valence-corrected chi connectivity index (χ3v) is 3.11. The summed E-state index contributed by atoms with van der Waals surface area (Å²) in [4.78, 5) is 0. The number of aryl methyl sites for hydroxylation is 1.